The molecule has 0 aromatic heterocycles. The summed E-state index contributed by atoms with van der Waals surface area (Å²) in [6, 6.07) is 6.42. The maximum atomic E-state index is 11.6. The number of anilines is 1. The fraction of sp³-hybridized carbons (Fsp3) is 0.385. The molecule has 5 nitrogen and oxygen atoms in total. The molecule has 0 bridgehead atoms. The summed E-state index contributed by atoms with van der Waals surface area (Å²) >= 11 is 0. The molecule has 0 heterocycles. The first-order valence-electron chi connectivity index (χ1n) is 5.87. The van der Waals surface area contributed by atoms with Crippen molar-refractivity contribution in [3.8, 4) is 0 Å². The molecule has 18 heavy (non-hydrogen) atoms. The number of hydrogen-bond acceptors (Lipinski definition) is 3. The lowest BCUT2D eigenvalue weighted by molar-refractivity contribution is 0.0526. The molecule has 0 saturated carbocycles. The highest BCUT2D eigenvalue weighted by molar-refractivity contribution is 5.92. The van der Waals surface area contributed by atoms with Gasteiger partial charge in [0.25, 0.3) is 0 Å². The highest BCUT2D eigenvalue weighted by Gasteiger charge is 2.08. The van der Waals surface area contributed by atoms with Crippen LogP contribution in [-0.2, 0) is 4.74 Å². The largest absolute Gasteiger partial charge is 0.462 e. The van der Waals surface area contributed by atoms with Crippen LogP contribution in [0.15, 0.2) is 24.3 Å². The number of nitrogens with one attached hydrogen (secondary N) is 1. The monoisotopic (exact) mass is 250 g/mol. The predicted octanol–water partition coefficient (Wildman–Crippen LogP) is 2.35. The maximum Gasteiger partial charge on any atom is 0.338 e. The summed E-state index contributed by atoms with van der Waals surface area (Å²) in [4.78, 5) is 24.6. The first kappa shape index (κ1) is 14.0. The van der Waals surface area contributed by atoms with Crippen LogP contribution in [-0.4, -0.2) is 37.1 Å². The molecule has 0 unspecified atom stereocenters. The third-order valence-electron chi connectivity index (χ3n) is 2.47. The number of nitrogens with zero attached hydrogens (tertiary/aromatic N) is 1. The summed E-state index contributed by atoms with van der Waals surface area (Å²) in [6.07, 6.45) is 0. The highest BCUT2D eigenvalue weighted by Crippen LogP contribution is 2.11. The zero-order valence-electron chi connectivity index (χ0n) is 10.9. The normalized spacial score (nSPS) is 9.72. The van der Waals surface area contributed by atoms with E-state index in [1.807, 2.05) is 6.92 Å². The van der Waals surface area contributed by atoms with Gasteiger partial charge in [-0.1, -0.05) is 0 Å². The van der Waals surface area contributed by atoms with Crippen LogP contribution < -0.4 is 5.32 Å². The molecular formula is C13H18N2O3. The van der Waals surface area contributed by atoms with E-state index in [2.05, 4.69) is 5.32 Å². The quantitative estimate of drug-likeness (QED) is 0.834. The average Bonchev–Trinajstić information content (AvgIpc) is 2.38. The Morgan fingerprint density at radius 1 is 1.22 bits per heavy atom. The van der Waals surface area contributed by atoms with Crippen LogP contribution >= 0.6 is 0 Å². The van der Waals surface area contributed by atoms with E-state index in [9.17, 15) is 9.59 Å². The molecule has 2 amide bonds. The van der Waals surface area contributed by atoms with Crippen molar-refractivity contribution in [3.63, 3.8) is 0 Å². The minimum absolute atomic E-state index is 0.179. The van der Waals surface area contributed by atoms with Crippen LogP contribution in [0, 0.1) is 0 Å². The van der Waals surface area contributed by atoms with Gasteiger partial charge in [0.15, 0.2) is 0 Å². The number of ether oxygens (including phenoxy) is 1. The first-order chi connectivity index (χ1) is 8.58. The van der Waals surface area contributed by atoms with Gasteiger partial charge in [-0.15, -0.1) is 0 Å². The molecule has 5 heteroatoms. The summed E-state index contributed by atoms with van der Waals surface area (Å²) in [5, 5.41) is 2.73. The molecular weight excluding hydrogens is 232 g/mol. The second-order valence-electron chi connectivity index (χ2n) is 3.74. The summed E-state index contributed by atoms with van der Waals surface area (Å²) in [7, 11) is 1.71. The Hall–Kier alpha value is -2.04. The molecule has 1 N–H and O–H groups in total. The zero-order chi connectivity index (χ0) is 13.5. The summed E-state index contributed by atoms with van der Waals surface area (Å²) in [6.45, 7) is 4.63. The Morgan fingerprint density at radius 3 is 2.33 bits per heavy atom. The second kappa shape index (κ2) is 6.64. The second-order valence-corrected chi connectivity index (χ2v) is 3.74. The molecule has 0 radical (unpaired) electrons. The third-order valence-corrected chi connectivity index (χ3v) is 2.47. The van der Waals surface area contributed by atoms with Crippen LogP contribution in [0.2, 0.25) is 0 Å². The molecule has 1 aromatic carbocycles. The molecule has 0 fully saturated rings. The Bertz CT molecular complexity index is 415. The number of benzene rings is 1. The maximum absolute atomic E-state index is 11.6. The molecule has 0 aliphatic carbocycles. The lowest BCUT2D eigenvalue weighted by atomic mass is 10.2. The van der Waals surface area contributed by atoms with Gasteiger partial charge in [-0.2, -0.15) is 0 Å². The minimum Gasteiger partial charge on any atom is -0.462 e. The summed E-state index contributed by atoms with van der Waals surface area (Å²) in [5.41, 5.74) is 1.12. The van der Waals surface area contributed by atoms with Gasteiger partial charge in [0, 0.05) is 19.3 Å². The van der Waals surface area contributed by atoms with E-state index in [-0.39, 0.29) is 12.0 Å². The number of carbonyl (C=O) groups excluding carboxylic acids is 2. The van der Waals surface area contributed by atoms with E-state index in [4.69, 9.17) is 4.74 Å². The first-order valence-corrected chi connectivity index (χ1v) is 5.87. The van der Waals surface area contributed by atoms with Crippen molar-refractivity contribution in [2.24, 2.45) is 0 Å². The van der Waals surface area contributed by atoms with Gasteiger partial charge in [0.05, 0.1) is 12.2 Å². The summed E-state index contributed by atoms with van der Waals surface area (Å²) < 4.78 is 4.87. The SMILES string of the molecule is CCOC(=O)c1ccc(NC(=O)N(C)CC)cc1. The van der Waals surface area contributed by atoms with Crippen molar-refractivity contribution >= 4 is 17.7 Å². The Labute approximate surface area is 107 Å². The lowest BCUT2D eigenvalue weighted by Gasteiger charge is -2.15. The van der Waals surface area contributed by atoms with Crippen molar-refractivity contribution in [2.45, 2.75) is 13.8 Å². The van der Waals surface area contributed by atoms with Crippen molar-refractivity contribution in [3.05, 3.63) is 29.8 Å². The van der Waals surface area contributed by atoms with E-state index in [0.717, 1.165) is 0 Å². The Balaban J connectivity index is 2.66. The van der Waals surface area contributed by atoms with Crippen LogP contribution in [0.25, 0.3) is 0 Å². The van der Waals surface area contributed by atoms with Gasteiger partial charge in [0.2, 0.25) is 0 Å². The number of rotatable bonds is 4. The molecule has 0 saturated heterocycles. The van der Waals surface area contributed by atoms with Gasteiger partial charge in [0.1, 0.15) is 0 Å². The van der Waals surface area contributed by atoms with Gasteiger partial charge < -0.3 is 15.0 Å². The van der Waals surface area contributed by atoms with Gasteiger partial charge in [-0.3, -0.25) is 0 Å². The number of esters is 1. The smallest absolute Gasteiger partial charge is 0.338 e. The third kappa shape index (κ3) is 3.76. The average molecular weight is 250 g/mol. The fourth-order valence-corrected chi connectivity index (χ4v) is 1.27. The number of urea groups is 1. The molecule has 0 spiro atoms. The van der Waals surface area contributed by atoms with E-state index in [0.29, 0.717) is 24.4 Å². The number of amides is 2. The number of hydrogen-bond donors (Lipinski definition) is 1. The van der Waals surface area contributed by atoms with Crippen molar-refractivity contribution in [2.75, 3.05) is 25.5 Å². The van der Waals surface area contributed by atoms with Crippen LogP contribution in [0.3, 0.4) is 0 Å². The van der Waals surface area contributed by atoms with E-state index < -0.39 is 0 Å². The van der Waals surface area contributed by atoms with Gasteiger partial charge in [-0.05, 0) is 38.1 Å². The Kier molecular flexibility index (Phi) is 5.17. The van der Waals surface area contributed by atoms with E-state index >= 15 is 0 Å². The van der Waals surface area contributed by atoms with Crippen LogP contribution in [0.5, 0.6) is 0 Å². The van der Waals surface area contributed by atoms with E-state index in [1.54, 1.807) is 43.1 Å². The fourth-order valence-electron chi connectivity index (χ4n) is 1.27. The van der Waals surface area contributed by atoms with Crippen molar-refractivity contribution in [1.29, 1.82) is 0 Å². The zero-order valence-corrected chi connectivity index (χ0v) is 10.9. The van der Waals surface area contributed by atoms with Crippen molar-refractivity contribution in [1.82, 2.24) is 4.90 Å². The van der Waals surface area contributed by atoms with E-state index in [1.165, 1.54) is 0 Å². The van der Waals surface area contributed by atoms with Crippen LogP contribution in [0.1, 0.15) is 24.2 Å². The van der Waals surface area contributed by atoms with Crippen LogP contribution in [0.4, 0.5) is 10.5 Å². The molecule has 98 valence electrons. The number of carbonyl (C=O) groups is 2. The molecule has 0 atom stereocenters. The molecule has 0 aliphatic heterocycles. The molecule has 0 aliphatic rings. The standard InChI is InChI=1S/C13H18N2O3/c1-4-15(3)13(17)14-11-8-6-10(7-9-11)12(16)18-5-2/h6-9H,4-5H2,1-3H3,(H,14,17). The van der Waals surface area contributed by atoms with Crippen molar-refractivity contribution < 1.29 is 14.3 Å². The topological polar surface area (TPSA) is 58.6 Å². The molecule has 1 rings (SSSR count). The predicted molar refractivity (Wildman–Crippen MR) is 69.7 cm³/mol. The Morgan fingerprint density at radius 2 is 1.83 bits per heavy atom. The van der Waals surface area contributed by atoms with Gasteiger partial charge >= 0.3 is 12.0 Å². The highest BCUT2D eigenvalue weighted by atomic mass is 16.5. The minimum atomic E-state index is -0.360. The summed E-state index contributed by atoms with van der Waals surface area (Å²) in [5.74, 6) is -0.360. The lowest BCUT2D eigenvalue weighted by Crippen LogP contribution is -2.30. The molecule has 1 aromatic rings. The van der Waals surface area contributed by atoms with Gasteiger partial charge in [-0.25, -0.2) is 9.59 Å².